The minimum Gasteiger partial charge on any atom is -0.478 e. The second-order valence-corrected chi connectivity index (χ2v) is 4.85. The van der Waals surface area contributed by atoms with E-state index in [9.17, 15) is 14.7 Å². The number of carbonyl (C=O) groups is 2. The van der Waals surface area contributed by atoms with E-state index in [-0.39, 0.29) is 11.7 Å². The Morgan fingerprint density at radius 2 is 1.38 bits per heavy atom. The summed E-state index contributed by atoms with van der Waals surface area (Å²) in [5.74, 6) is -1.49. The van der Waals surface area contributed by atoms with Crippen LogP contribution in [-0.2, 0) is 4.74 Å². The van der Waals surface area contributed by atoms with Crippen molar-refractivity contribution in [3.05, 3.63) is 59.7 Å². The first-order chi connectivity index (χ1) is 10.0. The zero-order valence-electron chi connectivity index (χ0n) is 11.9. The van der Waals surface area contributed by atoms with Crippen LogP contribution in [0.1, 0.15) is 34.6 Å². The molecular formula is C17H16O4. The molecule has 0 fully saturated rings. The Kier molecular flexibility index (Phi) is 4.38. The van der Waals surface area contributed by atoms with E-state index in [0.717, 1.165) is 0 Å². The number of carboxylic acid groups (broad SMARTS) is 1. The number of rotatable bonds is 4. The van der Waals surface area contributed by atoms with Crippen molar-refractivity contribution in [3.63, 3.8) is 0 Å². The summed E-state index contributed by atoms with van der Waals surface area (Å²) in [5, 5.41) is 9.29. The molecule has 0 aromatic heterocycles. The van der Waals surface area contributed by atoms with Crippen LogP contribution in [0.5, 0.6) is 0 Å². The maximum atomic E-state index is 12.2. The van der Waals surface area contributed by atoms with Crippen LogP contribution in [-0.4, -0.2) is 23.1 Å². The molecule has 2 aromatic carbocycles. The average molecular weight is 284 g/mol. The Balaban J connectivity index is 2.56. The van der Waals surface area contributed by atoms with Crippen molar-refractivity contribution in [2.75, 3.05) is 0 Å². The van der Waals surface area contributed by atoms with Crippen LogP contribution in [0.3, 0.4) is 0 Å². The fraction of sp³-hybridized carbons (Fsp3) is 0.176. The third-order valence-electron chi connectivity index (χ3n) is 2.94. The minimum atomic E-state index is -1.03. The molecule has 1 N–H and O–H groups in total. The van der Waals surface area contributed by atoms with Gasteiger partial charge in [0, 0.05) is 0 Å². The first-order valence-electron chi connectivity index (χ1n) is 6.63. The van der Waals surface area contributed by atoms with E-state index in [1.54, 1.807) is 56.3 Å². The van der Waals surface area contributed by atoms with Crippen molar-refractivity contribution in [1.29, 1.82) is 0 Å². The molecule has 2 rings (SSSR count). The number of hydrogen-bond donors (Lipinski definition) is 1. The summed E-state index contributed by atoms with van der Waals surface area (Å²) < 4.78 is 5.21. The number of hydrogen-bond acceptors (Lipinski definition) is 3. The predicted octanol–water partition coefficient (Wildman–Crippen LogP) is 3.62. The van der Waals surface area contributed by atoms with Gasteiger partial charge in [-0.3, -0.25) is 0 Å². The number of aromatic carboxylic acids is 1. The normalized spacial score (nSPS) is 10.4. The predicted molar refractivity (Wildman–Crippen MR) is 79.4 cm³/mol. The minimum absolute atomic E-state index is 0.155. The highest BCUT2D eigenvalue weighted by Crippen LogP contribution is 2.28. The number of ether oxygens (including phenoxy) is 1. The van der Waals surface area contributed by atoms with Gasteiger partial charge in [0.05, 0.1) is 17.2 Å². The van der Waals surface area contributed by atoms with Crippen LogP contribution in [0.25, 0.3) is 11.1 Å². The molecule has 0 heterocycles. The van der Waals surface area contributed by atoms with Crippen molar-refractivity contribution in [2.24, 2.45) is 0 Å². The third-order valence-corrected chi connectivity index (χ3v) is 2.94. The van der Waals surface area contributed by atoms with Crippen molar-refractivity contribution in [2.45, 2.75) is 20.0 Å². The summed E-state index contributed by atoms with van der Waals surface area (Å²) in [4.78, 5) is 23.5. The highest BCUT2D eigenvalue weighted by Gasteiger charge is 2.18. The van der Waals surface area contributed by atoms with Crippen molar-refractivity contribution in [1.82, 2.24) is 0 Å². The summed E-state index contributed by atoms with van der Waals surface area (Å²) in [5.41, 5.74) is 1.57. The highest BCUT2D eigenvalue weighted by atomic mass is 16.5. The Morgan fingerprint density at radius 1 is 0.905 bits per heavy atom. The molecule has 0 saturated carbocycles. The summed E-state index contributed by atoms with van der Waals surface area (Å²) in [6, 6.07) is 13.4. The van der Waals surface area contributed by atoms with Gasteiger partial charge in [-0.15, -0.1) is 0 Å². The van der Waals surface area contributed by atoms with Crippen LogP contribution >= 0.6 is 0 Å². The average Bonchev–Trinajstić information content (AvgIpc) is 2.46. The molecule has 0 radical (unpaired) electrons. The quantitative estimate of drug-likeness (QED) is 0.871. The van der Waals surface area contributed by atoms with Crippen LogP contribution in [0.4, 0.5) is 0 Å². The molecule has 2 aromatic rings. The number of carbonyl (C=O) groups excluding carboxylic acids is 1. The van der Waals surface area contributed by atoms with Gasteiger partial charge >= 0.3 is 11.9 Å². The molecule has 0 aliphatic rings. The zero-order valence-corrected chi connectivity index (χ0v) is 11.9. The van der Waals surface area contributed by atoms with Gasteiger partial charge in [0.15, 0.2) is 0 Å². The van der Waals surface area contributed by atoms with Crippen LogP contribution < -0.4 is 0 Å². The van der Waals surface area contributed by atoms with Crippen molar-refractivity contribution < 1.29 is 19.4 Å². The molecule has 0 amide bonds. The number of esters is 1. The molecule has 4 heteroatoms. The molecule has 0 aliphatic heterocycles. The lowest BCUT2D eigenvalue weighted by molar-refractivity contribution is 0.0378. The fourth-order valence-electron chi connectivity index (χ4n) is 2.08. The molecule has 0 saturated heterocycles. The Hall–Kier alpha value is -2.62. The standard InChI is InChI=1S/C17H16O4/c1-11(2)21-17(20)15-10-6-4-8-13(15)12-7-3-5-9-14(12)16(18)19/h3-11H,1-2H3,(H,18,19). The Labute approximate surface area is 123 Å². The van der Waals surface area contributed by atoms with E-state index in [1.807, 2.05) is 0 Å². The van der Waals surface area contributed by atoms with E-state index >= 15 is 0 Å². The van der Waals surface area contributed by atoms with Gasteiger partial charge in [-0.2, -0.15) is 0 Å². The molecule has 0 bridgehead atoms. The monoisotopic (exact) mass is 284 g/mol. The maximum Gasteiger partial charge on any atom is 0.339 e. The van der Waals surface area contributed by atoms with E-state index in [0.29, 0.717) is 16.7 Å². The lowest BCUT2D eigenvalue weighted by Crippen LogP contribution is -2.13. The van der Waals surface area contributed by atoms with Gasteiger partial charge in [-0.25, -0.2) is 9.59 Å². The molecular weight excluding hydrogens is 268 g/mol. The molecule has 0 spiro atoms. The molecule has 108 valence electrons. The van der Waals surface area contributed by atoms with Gasteiger partial charge in [0.2, 0.25) is 0 Å². The summed E-state index contributed by atoms with van der Waals surface area (Å²) in [7, 11) is 0. The maximum absolute atomic E-state index is 12.2. The van der Waals surface area contributed by atoms with Crippen molar-refractivity contribution in [3.8, 4) is 11.1 Å². The van der Waals surface area contributed by atoms with Gasteiger partial charge in [-0.05, 0) is 37.1 Å². The third kappa shape index (κ3) is 3.28. The van der Waals surface area contributed by atoms with E-state index in [1.165, 1.54) is 6.07 Å². The second kappa shape index (κ2) is 6.22. The summed E-state index contributed by atoms with van der Waals surface area (Å²) >= 11 is 0. The molecule has 0 aliphatic carbocycles. The largest absolute Gasteiger partial charge is 0.478 e. The molecule has 0 atom stereocenters. The molecule has 21 heavy (non-hydrogen) atoms. The molecule has 0 unspecified atom stereocenters. The van der Waals surface area contributed by atoms with Gasteiger partial charge in [0.25, 0.3) is 0 Å². The van der Waals surface area contributed by atoms with Gasteiger partial charge < -0.3 is 9.84 Å². The molecule has 4 nitrogen and oxygen atoms in total. The van der Waals surface area contributed by atoms with E-state index in [2.05, 4.69) is 0 Å². The number of benzene rings is 2. The first kappa shape index (κ1) is 14.8. The van der Waals surface area contributed by atoms with Gasteiger partial charge in [0.1, 0.15) is 0 Å². The summed E-state index contributed by atoms with van der Waals surface area (Å²) in [6.45, 7) is 3.54. The zero-order chi connectivity index (χ0) is 15.4. The highest BCUT2D eigenvalue weighted by molar-refractivity contribution is 6.02. The van der Waals surface area contributed by atoms with E-state index < -0.39 is 11.9 Å². The van der Waals surface area contributed by atoms with Crippen LogP contribution in [0.2, 0.25) is 0 Å². The van der Waals surface area contributed by atoms with Crippen LogP contribution in [0.15, 0.2) is 48.5 Å². The topological polar surface area (TPSA) is 63.6 Å². The van der Waals surface area contributed by atoms with E-state index in [4.69, 9.17) is 4.74 Å². The van der Waals surface area contributed by atoms with Gasteiger partial charge in [-0.1, -0.05) is 36.4 Å². The fourth-order valence-corrected chi connectivity index (χ4v) is 2.08. The second-order valence-electron chi connectivity index (χ2n) is 4.85. The lowest BCUT2D eigenvalue weighted by Gasteiger charge is -2.13. The first-order valence-corrected chi connectivity index (χ1v) is 6.63. The van der Waals surface area contributed by atoms with Crippen molar-refractivity contribution >= 4 is 11.9 Å². The smallest absolute Gasteiger partial charge is 0.339 e. The summed E-state index contributed by atoms with van der Waals surface area (Å²) in [6.07, 6.45) is -0.236. The lowest BCUT2D eigenvalue weighted by atomic mass is 9.95. The Morgan fingerprint density at radius 3 is 1.90 bits per heavy atom. The number of carboxylic acids is 1. The SMILES string of the molecule is CC(C)OC(=O)c1ccccc1-c1ccccc1C(=O)O. The Bertz CT molecular complexity index is 674. The van der Waals surface area contributed by atoms with Crippen LogP contribution in [0, 0.1) is 0 Å².